The third kappa shape index (κ3) is 5.15. The molecule has 0 unspecified atom stereocenters. The van der Waals surface area contributed by atoms with Crippen LogP contribution in [0.5, 0.6) is 0 Å². The van der Waals surface area contributed by atoms with E-state index in [0.29, 0.717) is 18.4 Å². The Labute approximate surface area is 180 Å². The number of aliphatic hydroxyl groups is 1. The molecule has 0 aromatic heterocycles. The van der Waals surface area contributed by atoms with Gasteiger partial charge >= 0.3 is 17.9 Å². The number of rotatable bonds is 5. The number of esters is 3. The first-order chi connectivity index (χ1) is 14.5. The molecule has 5 atom stereocenters. The molecule has 31 heavy (non-hydrogen) atoms. The van der Waals surface area contributed by atoms with Crippen LogP contribution in [-0.4, -0.2) is 59.3 Å². The lowest BCUT2D eigenvalue weighted by Crippen LogP contribution is -2.36. The monoisotopic (exact) mass is 436 g/mol. The second-order valence-corrected chi connectivity index (χ2v) is 8.52. The van der Waals surface area contributed by atoms with E-state index < -0.39 is 47.7 Å². The highest BCUT2D eigenvalue weighted by molar-refractivity contribution is 5.93. The maximum absolute atomic E-state index is 12.6. The number of carbonyl (C=O) groups is 4. The number of hydrogen-bond acceptors (Lipinski definition) is 9. The number of carbonyl (C=O) groups excluding carboxylic acids is 4. The van der Waals surface area contributed by atoms with Gasteiger partial charge in [-0.15, -0.1) is 0 Å². The molecule has 2 aliphatic heterocycles. The molecule has 1 N–H and O–H groups in total. The van der Waals surface area contributed by atoms with Gasteiger partial charge in [0, 0.05) is 24.8 Å². The lowest BCUT2D eigenvalue weighted by Gasteiger charge is -2.27. The molecular formula is C22H28O9. The number of epoxide rings is 1. The van der Waals surface area contributed by atoms with Crippen LogP contribution in [0.1, 0.15) is 53.4 Å². The number of ketones is 1. The average Bonchev–Trinajstić information content (AvgIpc) is 3.24. The molecule has 3 aliphatic rings. The maximum atomic E-state index is 12.6. The van der Waals surface area contributed by atoms with Crippen molar-refractivity contribution in [1.29, 1.82) is 0 Å². The average molecular weight is 436 g/mol. The number of allylic oxidation sites excluding steroid dienone is 1. The van der Waals surface area contributed by atoms with Gasteiger partial charge < -0.3 is 24.1 Å². The van der Waals surface area contributed by atoms with Gasteiger partial charge in [0.2, 0.25) is 0 Å². The van der Waals surface area contributed by atoms with Gasteiger partial charge in [-0.2, -0.15) is 0 Å². The summed E-state index contributed by atoms with van der Waals surface area (Å²) in [5.41, 5.74) is -0.157. The van der Waals surface area contributed by atoms with Gasteiger partial charge in [-0.3, -0.25) is 14.4 Å². The van der Waals surface area contributed by atoms with Crippen LogP contribution in [0.25, 0.3) is 0 Å². The van der Waals surface area contributed by atoms with Crippen molar-refractivity contribution >= 4 is 23.7 Å². The van der Waals surface area contributed by atoms with E-state index in [4.69, 9.17) is 18.9 Å². The Kier molecular flexibility index (Phi) is 6.54. The van der Waals surface area contributed by atoms with Crippen molar-refractivity contribution in [3.8, 4) is 0 Å². The van der Waals surface area contributed by atoms with Gasteiger partial charge in [-0.1, -0.05) is 6.92 Å². The molecule has 1 saturated carbocycles. The fraction of sp³-hybridized carbons (Fsp3) is 0.636. The zero-order chi connectivity index (χ0) is 22.9. The van der Waals surface area contributed by atoms with Gasteiger partial charge in [0.15, 0.2) is 6.10 Å². The Morgan fingerprint density at radius 2 is 2.00 bits per heavy atom. The molecule has 170 valence electrons. The summed E-state index contributed by atoms with van der Waals surface area (Å²) >= 11 is 0. The quantitative estimate of drug-likeness (QED) is 0.298. The van der Waals surface area contributed by atoms with Gasteiger partial charge in [0.05, 0.1) is 23.4 Å². The van der Waals surface area contributed by atoms with Crippen LogP contribution in [-0.2, 0) is 38.1 Å². The van der Waals surface area contributed by atoms with Gasteiger partial charge in [0.25, 0.3) is 0 Å². The third-order valence-corrected chi connectivity index (χ3v) is 5.94. The first-order valence-corrected chi connectivity index (χ1v) is 10.3. The zero-order valence-electron chi connectivity index (χ0n) is 18.1. The van der Waals surface area contributed by atoms with Crippen LogP contribution in [0.4, 0.5) is 0 Å². The predicted molar refractivity (Wildman–Crippen MR) is 106 cm³/mol. The van der Waals surface area contributed by atoms with Crippen LogP contribution in [0.15, 0.2) is 23.0 Å². The van der Waals surface area contributed by atoms with Crippen molar-refractivity contribution in [3.63, 3.8) is 0 Å². The van der Waals surface area contributed by atoms with Crippen molar-refractivity contribution < 1.29 is 43.2 Å². The topological polar surface area (TPSA) is 129 Å². The molecule has 0 spiro atoms. The first-order valence-electron chi connectivity index (χ1n) is 10.3. The molecule has 9 nitrogen and oxygen atoms in total. The summed E-state index contributed by atoms with van der Waals surface area (Å²) in [7, 11) is 0. The molecule has 1 saturated heterocycles. The van der Waals surface area contributed by atoms with E-state index >= 15 is 0 Å². The normalized spacial score (nSPS) is 33.2. The highest BCUT2D eigenvalue weighted by atomic mass is 16.6. The second-order valence-electron chi connectivity index (χ2n) is 8.52. The fourth-order valence-corrected chi connectivity index (χ4v) is 4.04. The molecule has 0 radical (unpaired) electrons. The van der Waals surface area contributed by atoms with Crippen LogP contribution < -0.4 is 0 Å². The molecule has 0 aromatic rings. The Morgan fingerprint density at radius 1 is 1.29 bits per heavy atom. The second kappa shape index (κ2) is 8.82. The lowest BCUT2D eigenvalue weighted by atomic mass is 9.83. The maximum Gasteiger partial charge on any atom is 0.338 e. The van der Waals surface area contributed by atoms with E-state index in [2.05, 4.69) is 0 Å². The van der Waals surface area contributed by atoms with Crippen molar-refractivity contribution in [2.24, 2.45) is 5.92 Å². The molecule has 0 aromatic carbocycles. The summed E-state index contributed by atoms with van der Waals surface area (Å²) in [5, 5.41) is 9.32. The summed E-state index contributed by atoms with van der Waals surface area (Å²) in [5.74, 6) is -2.33. The smallest absolute Gasteiger partial charge is 0.338 e. The van der Waals surface area contributed by atoms with E-state index in [0.717, 1.165) is 0 Å². The Morgan fingerprint density at radius 3 is 2.65 bits per heavy atom. The molecule has 9 heteroatoms. The minimum atomic E-state index is -0.938. The number of fused-ring (bicyclic) bond motifs is 3. The van der Waals surface area contributed by atoms with Crippen LogP contribution in [0, 0.1) is 5.92 Å². The number of Topliss-reactive ketones (excluding diaryl/α,β-unsaturated/α-hetero) is 1. The van der Waals surface area contributed by atoms with E-state index in [9.17, 15) is 24.3 Å². The predicted octanol–water partition coefficient (Wildman–Crippen LogP) is 2.08. The van der Waals surface area contributed by atoms with Gasteiger partial charge in [-0.05, 0) is 32.8 Å². The van der Waals surface area contributed by atoms with Crippen LogP contribution in [0.3, 0.4) is 0 Å². The largest absolute Gasteiger partial charge is 0.513 e. The van der Waals surface area contributed by atoms with Crippen molar-refractivity contribution in [2.75, 3.05) is 6.61 Å². The van der Waals surface area contributed by atoms with Crippen molar-refractivity contribution in [2.45, 2.75) is 77.3 Å². The lowest BCUT2D eigenvalue weighted by molar-refractivity contribution is -0.148. The summed E-state index contributed by atoms with van der Waals surface area (Å²) in [4.78, 5) is 49.0. The fourth-order valence-electron chi connectivity index (χ4n) is 4.04. The zero-order valence-corrected chi connectivity index (χ0v) is 18.1. The van der Waals surface area contributed by atoms with E-state index in [1.807, 2.05) is 6.92 Å². The highest BCUT2D eigenvalue weighted by Gasteiger charge is 2.62. The minimum absolute atomic E-state index is 0.00782. The minimum Gasteiger partial charge on any atom is -0.513 e. The Bertz CT molecular complexity index is 851. The molecular weight excluding hydrogens is 408 g/mol. The number of aliphatic hydroxyl groups excluding tert-OH is 1. The standard InChI is InChI=1S/C22H28O9/c1-11-9-16(29-17(26)6-5-12(2)23)18-14(10-28-13(3)24)21(27)30-19(18)20-22(4,31-20)8-7-15(11)25/h5,11,16,19-20,23H,6-10H2,1-4H3/b12-5+/t11-,16+,19+,20+,22-/m0/s1. The third-order valence-electron chi connectivity index (χ3n) is 5.94. The van der Waals surface area contributed by atoms with Gasteiger partial charge in [0.1, 0.15) is 24.6 Å². The Hall–Kier alpha value is -2.68. The summed E-state index contributed by atoms with van der Waals surface area (Å²) in [6, 6.07) is 0. The Balaban J connectivity index is 1.99. The van der Waals surface area contributed by atoms with Crippen LogP contribution in [0.2, 0.25) is 0 Å². The van der Waals surface area contributed by atoms with Crippen molar-refractivity contribution in [3.05, 3.63) is 23.0 Å². The number of ether oxygens (including phenoxy) is 4. The van der Waals surface area contributed by atoms with E-state index in [1.165, 1.54) is 19.9 Å². The van der Waals surface area contributed by atoms with Crippen molar-refractivity contribution in [1.82, 2.24) is 0 Å². The molecule has 3 rings (SSSR count). The van der Waals surface area contributed by atoms with E-state index in [-0.39, 0.29) is 36.6 Å². The molecule has 2 heterocycles. The first kappa shape index (κ1) is 23.0. The molecule has 0 amide bonds. The highest BCUT2D eigenvalue weighted by Crippen LogP contribution is 2.49. The summed E-state index contributed by atoms with van der Waals surface area (Å²) < 4.78 is 22.1. The SMILES string of the molecule is CC(=O)OCC1=C2[C@@H](OC1=O)[C@H]1O[C@@]1(C)CCC(=O)[C@@H](C)C[C@H]2OC(=O)C/C=C(\C)O. The molecule has 1 aliphatic carbocycles. The molecule has 0 bridgehead atoms. The number of hydrogen-bond donors (Lipinski definition) is 1. The summed E-state index contributed by atoms with van der Waals surface area (Å²) in [6.45, 7) is 5.92. The molecule has 2 fully saturated rings. The van der Waals surface area contributed by atoms with E-state index in [1.54, 1.807) is 6.92 Å². The summed E-state index contributed by atoms with van der Waals surface area (Å²) in [6.07, 6.45) is -0.132. The van der Waals surface area contributed by atoms with Gasteiger partial charge in [-0.25, -0.2) is 4.79 Å². The van der Waals surface area contributed by atoms with Crippen LogP contribution >= 0.6 is 0 Å².